The molecule has 84 valence electrons. The number of hydrogen-bond donors (Lipinski definition) is 0. The largest absolute Gasteiger partial charge is 0.381 e. The molecule has 2 aromatic rings. The van der Waals surface area contributed by atoms with Crippen molar-refractivity contribution >= 4 is 0 Å². The highest BCUT2D eigenvalue weighted by Crippen LogP contribution is 2.15. The Labute approximate surface area is 94.4 Å². The number of rotatable bonds is 3. The van der Waals surface area contributed by atoms with E-state index in [1.54, 1.807) is 0 Å². The van der Waals surface area contributed by atoms with E-state index in [0.29, 0.717) is 5.92 Å². The fraction of sp³-hybridized carbons (Fsp3) is 0.417. The van der Waals surface area contributed by atoms with Gasteiger partial charge in [-0.1, -0.05) is 0 Å². The summed E-state index contributed by atoms with van der Waals surface area (Å²) in [5, 5.41) is 4.38. The second-order valence-corrected chi connectivity index (χ2v) is 4.24. The summed E-state index contributed by atoms with van der Waals surface area (Å²) in [6.45, 7) is 2.73. The summed E-state index contributed by atoms with van der Waals surface area (Å²) in [5.41, 5.74) is 1.11. The van der Waals surface area contributed by atoms with Crippen LogP contribution in [0.1, 0.15) is 6.42 Å². The molecular formula is C12H15N3O. The predicted octanol–water partition coefficient (Wildman–Crippen LogP) is 1.71. The Bertz CT molecular complexity index is 441. The van der Waals surface area contributed by atoms with Crippen molar-refractivity contribution in [3.05, 3.63) is 36.9 Å². The molecule has 0 aromatic carbocycles. The summed E-state index contributed by atoms with van der Waals surface area (Å²) in [6.07, 6.45) is 9.19. The molecule has 0 saturated carbocycles. The lowest BCUT2D eigenvalue weighted by atomic mass is 10.1. The van der Waals surface area contributed by atoms with Gasteiger partial charge in [-0.15, -0.1) is 0 Å². The van der Waals surface area contributed by atoms with E-state index in [0.717, 1.165) is 31.9 Å². The van der Waals surface area contributed by atoms with Gasteiger partial charge in [0.1, 0.15) is 0 Å². The third kappa shape index (κ3) is 1.88. The lowest BCUT2D eigenvalue weighted by molar-refractivity contribution is 0.181. The molecule has 1 saturated heterocycles. The normalized spacial score (nSPS) is 20.4. The Balaban J connectivity index is 1.72. The van der Waals surface area contributed by atoms with Crippen molar-refractivity contribution in [2.24, 2.45) is 5.92 Å². The maximum absolute atomic E-state index is 5.36. The third-order valence-corrected chi connectivity index (χ3v) is 2.99. The second kappa shape index (κ2) is 4.14. The lowest BCUT2D eigenvalue weighted by Crippen LogP contribution is -2.10. The van der Waals surface area contributed by atoms with Gasteiger partial charge in [0.15, 0.2) is 0 Å². The van der Waals surface area contributed by atoms with Gasteiger partial charge in [-0.3, -0.25) is 4.68 Å². The van der Waals surface area contributed by atoms with Crippen LogP contribution < -0.4 is 0 Å². The van der Waals surface area contributed by atoms with E-state index in [9.17, 15) is 0 Å². The molecule has 0 aliphatic carbocycles. The molecule has 3 rings (SSSR count). The molecule has 0 bridgehead atoms. The molecule has 1 fully saturated rings. The zero-order valence-corrected chi connectivity index (χ0v) is 9.12. The average Bonchev–Trinajstić information content (AvgIpc) is 2.99. The van der Waals surface area contributed by atoms with Gasteiger partial charge < -0.3 is 9.30 Å². The summed E-state index contributed by atoms with van der Waals surface area (Å²) in [7, 11) is 0. The van der Waals surface area contributed by atoms with E-state index >= 15 is 0 Å². The first-order chi connectivity index (χ1) is 7.92. The topological polar surface area (TPSA) is 32.0 Å². The number of hydrogen-bond acceptors (Lipinski definition) is 2. The van der Waals surface area contributed by atoms with Crippen LogP contribution in [0.15, 0.2) is 36.9 Å². The molecule has 0 radical (unpaired) electrons. The van der Waals surface area contributed by atoms with Crippen molar-refractivity contribution in [1.82, 2.24) is 14.3 Å². The van der Waals surface area contributed by atoms with Gasteiger partial charge in [-0.05, 0) is 18.6 Å². The highest BCUT2D eigenvalue weighted by Gasteiger charge is 2.16. The molecule has 3 heterocycles. The monoisotopic (exact) mass is 217 g/mol. The molecule has 1 unspecified atom stereocenters. The zero-order valence-electron chi connectivity index (χ0n) is 9.12. The van der Waals surface area contributed by atoms with Crippen LogP contribution in [-0.4, -0.2) is 27.6 Å². The fourth-order valence-electron chi connectivity index (χ4n) is 2.08. The first-order valence-corrected chi connectivity index (χ1v) is 5.65. The van der Waals surface area contributed by atoms with Gasteiger partial charge >= 0.3 is 0 Å². The zero-order chi connectivity index (χ0) is 10.8. The first kappa shape index (κ1) is 9.66. The maximum atomic E-state index is 5.36. The van der Waals surface area contributed by atoms with Crippen LogP contribution >= 0.6 is 0 Å². The molecule has 1 atom stereocenters. The van der Waals surface area contributed by atoms with E-state index in [1.807, 2.05) is 35.4 Å². The molecule has 4 heteroatoms. The third-order valence-electron chi connectivity index (χ3n) is 2.99. The van der Waals surface area contributed by atoms with Crippen LogP contribution in [0, 0.1) is 5.92 Å². The molecule has 4 nitrogen and oxygen atoms in total. The number of aromatic nitrogens is 3. The summed E-state index contributed by atoms with van der Waals surface area (Å²) < 4.78 is 9.43. The second-order valence-electron chi connectivity index (χ2n) is 4.24. The van der Waals surface area contributed by atoms with Gasteiger partial charge in [0, 0.05) is 37.7 Å². The first-order valence-electron chi connectivity index (χ1n) is 5.65. The van der Waals surface area contributed by atoms with E-state index < -0.39 is 0 Å². The van der Waals surface area contributed by atoms with Gasteiger partial charge in [-0.25, -0.2) is 0 Å². The Morgan fingerprint density at radius 2 is 2.25 bits per heavy atom. The van der Waals surface area contributed by atoms with E-state index in [2.05, 4.69) is 15.9 Å². The Morgan fingerprint density at radius 1 is 1.38 bits per heavy atom. The Morgan fingerprint density at radius 3 is 3.00 bits per heavy atom. The molecular weight excluding hydrogens is 202 g/mol. The van der Waals surface area contributed by atoms with Crippen LogP contribution in [0.3, 0.4) is 0 Å². The van der Waals surface area contributed by atoms with Gasteiger partial charge in [0.25, 0.3) is 0 Å². The maximum Gasteiger partial charge on any atom is 0.0833 e. The van der Waals surface area contributed by atoms with Crippen molar-refractivity contribution in [2.75, 3.05) is 13.2 Å². The van der Waals surface area contributed by atoms with Crippen molar-refractivity contribution in [3.8, 4) is 5.69 Å². The number of ether oxygens (including phenoxy) is 1. The van der Waals surface area contributed by atoms with Crippen LogP contribution in [0.2, 0.25) is 0 Å². The van der Waals surface area contributed by atoms with Gasteiger partial charge in [0.05, 0.1) is 18.5 Å². The highest BCUT2D eigenvalue weighted by atomic mass is 16.5. The minimum atomic E-state index is 0.623. The fourth-order valence-corrected chi connectivity index (χ4v) is 2.08. The SMILES string of the molecule is c1ccn(-c2cnn(CC3CCOC3)c2)c1. The van der Waals surface area contributed by atoms with Gasteiger partial charge in [-0.2, -0.15) is 5.10 Å². The summed E-state index contributed by atoms with van der Waals surface area (Å²) in [4.78, 5) is 0. The molecule has 0 spiro atoms. The lowest BCUT2D eigenvalue weighted by Gasteiger charge is -2.06. The van der Waals surface area contributed by atoms with Gasteiger partial charge in [0.2, 0.25) is 0 Å². The van der Waals surface area contributed by atoms with Crippen LogP contribution in [0.25, 0.3) is 5.69 Å². The van der Waals surface area contributed by atoms with E-state index in [1.165, 1.54) is 0 Å². The summed E-state index contributed by atoms with van der Waals surface area (Å²) in [6, 6.07) is 4.03. The summed E-state index contributed by atoms with van der Waals surface area (Å²) >= 11 is 0. The van der Waals surface area contributed by atoms with Crippen molar-refractivity contribution in [1.29, 1.82) is 0 Å². The minimum Gasteiger partial charge on any atom is -0.381 e. The van der Waals surface area contributed by atoms with Crippen molar-refractivity contribution in [2.45, 2.75) is 13.0 Å². The predicted molar refractivity (Wildman–Crippen MR) is 60.5 cm³/mol. The smallest absolute Gasteiger partial charge is 0.0833 e. The molecule has 1 aliphatic heterocycles. The molecule has 2 aromatic heterocycles. The van der Waals surface area contributed by atoms with Crippen LogP contribution in [-0.2, 0) is 11.3 Å². The summed E-state index contributed by atoms with van der Waals surface area (Å²) in [5.74, 6) is 0.623. The van der Waals surface area contributed by atoms with Crippen molar-refractivity contribution < 1.29 is 4.74 Å². The molecule has 0 N–H and O–H groups in total. The Kier molecular flexibility index (Phi) is 2.50. The molecule has 1 aliphatic rings. The van der Waals surface area contributed by atoms with E-state index in [4.69, 9.17) is 4.74 Å². The Hall–Kier alpha value is -1.55. The molecule has 0 amide bonds. The number of nitrogens with zero attached hydrogens (tertiary/aromatic N) is 3. The standard InChI is InChI=1S/C12H15N3O/c1-2-5-14(4-1)12-7-13-15(9-12)8-11-3-6-16-10-11/h1-2,4-5,7,9,11H,3,6,8,10H2. The van der Waals surface area contributed by atoms with Crippen molar-refractivity contribution in [3.63, 3.8) is 0 Å². The molecule has 16 heavy (non-hydrogen) atoms. The van der Waals surface area contributed by atoms with Crippen LogP contribution in [0.5, 0.6) is 0 Å². The highest BCUT2D eigenvalue weighted by molar-refractivity contribution is 5.26. The average molecular weight is 217 g/mol. The minimum absolute atomic E-state index is 0.623. The quantitative estimate of drug-likeness (QED) is 0.784. The van der Waals surface area contributed by atoms with E-state index in [-0.39, 0.29) is 0 Å². The van der Waals surface area contributed by atoms with Crippen LogP contribution in [0.4, 0.5) is 0 Å².